The number of fused-ring (bicyclic) bond motifs is 1. The number of anilines is 1. The smallest absolute Gasteiger partial charge is 0.202 e. The molecule has 0 amide bonds. The Kier molecular flexibility index (Phi) is 3.22. The van der Waals surface area contributed by atoms with Crippen LogP contribution < -0.4 is 5.73 Å². The fraction of sp³-hybridized carbons (Fsp3) is 0.733. The first-order chi connectivity index (χ1) is 9.52. The normalized spacial score (nSPS) is 27.3. The second-order valence-electron chi connectivity index (χ2n) is 6.38. The monoisotopic (exact) mass is 275 g/mol. The van der Waals surface area contributed by atoms with Crippen LogP contribution >= 0.6 is 0 Å². The molecule has 20 heavy (non-hydrogen) atoms. The zero-order chi connectivity index (χ0) is 14.4. The van der Waals surface area contributed by atoms with E-state index < -0.39 is 0 Å². The van der Waals surface area contributed by atoms with Gasteiger partial charge >= 0.3 is 0 Å². The quantitative estimate of drug-likeness (QED) is 0.916. The Hall–Kier alpha value is -1.52. The van der Waals surface area contributed by atoms with Gasteiger partial charge in [-0.3, -0.25) is 4.57 Å². The summed E-state index contributed by atoms with van der Waals surface area (Å²) in [6.07, 6.45) is 3.72. The highest BCUT2D eigenvalue weighted by Gasteiger charge is 2.30. The molecule has 5 heteroatoms. The highest BCUT2D eigenvalue weighted by atomic mass is 15.4. The summed E-state index contributed by atoms with van der Waals surface area (Å²) in [4.78, 5) is 4.57. The van der Waals surface area contributed by atoms with Crippen molar-refractivity contribution in [1.82, 2.24) is 19.3 Å². The summed E-state index contributed by atoms with van der Waals surface area (Å²) in [5, 5.41) is 4.58. The summed E-state index contributed by atoms with van der Waals surface area (Å²) in [5.41, 5.74) is 9.28. The molecule has 3 unspecified atom stereocenters. The Morgan fingerprint density at radius 1 is 1.30 bits per heavy atom. The molecule has 3 rings (SSSR count). The first kappa shape index (κ1) is 13.5. The van der Waals surface area contributed by atoms with Gasteiger partial charge in [0, 0.05) is 12.6 Å². The number of hydrogen-bond donors (Lipinski definition) is 1. The molecular weight excluding hydrogens is 250 g/mol. The molecule has 0 radical (unpaired) electrons. The van der Waals surface area contributed by atoms with E-state index in [4.69, 9.17) is 5.73 Å². The molecule has 1 aliphatic rings. The Balaban J connectivity index is 2.13. The fourth-order valence-electron chi connectivity index (χ4n) is 3.79. The lowest BCUT2D eigenvalue weighted by Gasteiger charge is -2.34. The molecule has 2 N–H and O–H groups in total. The summed E-state index contributed by atoms with van der Waals surface area (Å²) in [7, 11) is 0. The van der Waals surface area contributed by atoms with Gasteiger partial charge in [-0.1, -0.05) is 13.8 Å². The highest BCUT2D eigenvalue weighted by Crippen LogP contribution is 2.40. The fourth-order valence-corrected chi connectivity index (χ4v) is 3.79. The summed E-state index contributed by atoms with van der Waals surface area (Å²) in [5.74, 6) is 2.10. The lowest BCUT2D eigenvalue weighted by Crippen LogP contribution is -2.26. The second kappa shape index (κ2) is 4.79. The van der Waals surface area contributed by atoms with E-state index in [2.05, 4.69) is 35.4 Å². The standard InChI is InChI=1S/C15H25N5/c1-5-19-14-13(11(4)18-19)17-15(16)20(14)12-7-6-9(2)8-10(12)3/h9-10,12H,5-8H2,1-4H3,(H2,16,17). The van der Waals surface area contributed by atoms with E-state index in [1.54, 1.807) is 0 Å². The second-order valence-corrected chi connectivity index (χ2v) is 6.38. The van der Waals surface area contributed by atoms with Crippen molar-refractivity contribution in [3.8, 4) is 0 Å². The van der Waals surface area contributed by atoms with Gasteiger partial charge in [0.2, 0.25) is 5.95 Å². The van der Waals surface area contributed by atoms with Crippen LogP contribution in [0.2, 0.25) is 0 Å². The van der Waals surface area contributed by atoms with Crippen molar-refractivity contribution in [2.24, 2.45) is 11.8 Å². The van der Waals surface area contributed by atoms with Gasteiger partial charge in [-0.15, -0.1) is 0 Å². The van der Waals surface area contributed by atoms with Crippen molar-refractivity contribution in [1.29, 1.82) is 0 Å². The van der Waals surface area contributed by atoms with Gasteiger partial charge in [-0.25, -0.2) is 9.67 Å². The molecule has 0 bridgehead atoms. The zero-order valence-electron chi connectivity index (χ0n) is 12.9. The maximum absolute atomic E-state index is 6.23. The Morgan fingerprint density at radius 2 is 2.05 bits per heavy atom. The van der Waals surface area contributed by atoms with Gasteiger partial charge in [0.25, 0.3) is 0 Å². The molecule has 0 spiro atoms. The Bertz CT molecular complexity index is 624. The van der Waals surface area contributed by atoms with Crippen LogP contribution in [-0.2, 0) is 6.54 Å². The molecule has 2 aromatic heterocycles. The van der Waals surface area contributed by atoms with E-state index >= 15 is 0 Å². The van der Waals surface area contributed by atoms with Crippen LogP contribution in [0.3, 0.4) is 0 Å². The summed E-state index contributed by atoms with van der Waals surface area (Å²) in [6.45, 7) is 9.67. The topological polar surface area (TPSA) is 61.7 Å². The Morgan fingerprint density at radius 3 is 2.70 bits per heavy atom. The van der Waals surface area contributed by atoms with E-state index in [0.717, 1.165) is 29.3 Å². The van der Waals surface area contributed by atoms with Crippen molar-refractivity contribution in [2.75, 3.05) is 5.73 Å². The van der Waals surface area contributed by atoms with E-state index in [1.165, 1.54) is 19.3 Å². The first-order valence-corrected chi connectivity index (χ1v) is 7.73. The summed E-state index contributed by atoms with van der Waals surface area (Å²) in [6, 6.07) is 0.456. The molecule has 1 fully saturated rings. The predicted molar refractivity (Wildman–Crippen MR) is 81.6 cm³/mol. The number of hydrogen-bond acceptors (Lipinski definition) is 3. The number of imidazole rings is 1. The molecule has 0 aromatic carbocycles. The van der Waals surface area contributed by atoms with Gasteiger partial charge in [0.05, 0.1) is 5.69 Å². The molecular formula is C15H25N5. The lowest BCUT2D eigenvalue weighted by atomic mass is 9.80. The number of nitrogens with two attached hydrogens (primary N) is 1. The Labute approximate surface area is 120 Å². The third kappa shape index (κ3) is 1.91. The van der Waals surface area contributed by atoms with Crippen molar-refractivity contribution in [2.45, 2.75) is 59.5 Å². The maximum atomic E-state index is 6.23. The van der Waals surface area contributed by atoms with E-state index in [-0.39, 0.29) is 0 Å². The number of aryl methyl sites for hydroxylation is 2. The molecule has 2 heterocycles. The molecule has 0 aliphatic heterocycles. The number of aromatic nitrogens is 4. The van der Waals surface area contributed by atoms with Gasteiger partial charge in [-0.2, -0.15) is 5.10 Å². The predicted octanol–water partition coefficient (Wildman–Crippen LogP) is 3.14. The lowest BCUT2D eigenvalue weighted by molar-refractivity contribution is 0.211. The summed E-state index contributed by atoms with van der Waals surface area (Å²) >= 11 is 0. The minimum absolute atomic E-state index is 0.456. The molecule has 3 atom stereocenters. The first-order valence-electron chi connectivity index (χ1n) is 7.73. The average Bonchev–Trinajstić information content (AvgIpc) is 2.88. The van der Waals surface area contributed by atoms with E-state index in [1.807, 2.05) is 11.6 Å². The summed E-state index contributed by atoms with van der Waals surface area (Å²) < 4.78 is 4.29. The maximum Gasteiger partial charge on any atom is 0.202 e. The minimum atomic E-state index is 0.456. The molecule has 110 valence electrons. The van der Waals surface area contributed by atoms with Gasteiger partial charge < -0.3 is 5.73 Å². The molecule has 1 aliphatic carbocycles. The molecule has 0 saturated heterocycles. The number of rotatable bonds is 2. The van der Waals surface area contributed by atoms with Crippen LogP contribution in [0.25, 0.3) is 11.2 Å². The minimum Gasteiger partial charge on any atom is -0.369 e. The molecule has 1 saturated carbocycles. The van der Waals surface area contributed by atoms with E-state index in [0.29, 0.717) is 17.9 Å². The van der Waals surface area contributed by atoms with Crippen LogP contribution in [0.5, 0.6) is 0 Å². The van der Waals surface area contributed by atoms with Crippen LogP contribution in [0.1, 0.15) is 51.8 Å². The van der Waals surface area contributed by atoms with E-state index in [9.17, 15) is 0 Å². The SMILES string of the molecule is CCn1nc(C)c2nc(N)n(C3CCC(C)CC3C)c21. The van der Waals surface area contributed by atoms with Crippen molar-refractivity contribution in [3.63, 3.8) is 0 Å². The van der Waals surface area contributed by atoms with Crippen LogP contribution in [0.15, 0.2) is 0 Å². The van der Waals surface area contributed by atoms with Crippen molar-refractivity contribution >= 4 is 17.1 Å². The third-order valence-electron chi connectivity index (χ3n) is 4.79. The number of nitrogen functional groups attached to an aromatic ring is 1. The van der Waals surface area contributed by atoms with Gasteiger partial charge in [-0.05, 0) is 44.9 Å². The van der Waals surface area contributed by atoms with Gasteiger partial charge in [0.1, 0.15) is 5.52 Å². The number of nitrogens with zero attached hydrogens (tertiary/aromatic N) is 4. The molecule has 5 nitrogen and oxygen atoms in total. The van der Waals surface area contributed by atoms with Crippen LogP contribution in [0, 0.1) is 18.8 Å². The third-order valence-corrected chi connectivity index (χ3v) is 4.79. The zero-order valence-corrected chi connectivity index (χ0v) is 12.9. The van der Waals surface area contributed by atoms with Gasteiger partial charge in [0.15, 0.2) is 5.65 Å². The van der Waals surface area contributed by atoms with Crippen molar-refractivity contribution in [3.05, 3.63) is 5.69 Å². The average molecular weight is 275 g/mol. The largest absolute Gasteiger partial charge is 0.369 e. The van der Waals surface area contributed by atoms with Crippen LogP contribution in [-0.4, -0.2) is 19.3 Å². The van der Waals surface area contributed by atoms with Crippen molar-refractivity contribution < 1.29 is 0 Å². The highest BCUT2D eigenvalue weighted by molar-refractivity contribution is 5.77. The van der Waals surface area contributed by atoms with Crippen LogP contribution in [0.4, 0.5) is 5.95 Å². The molecule has 2 aromatic rings.